The maximum absolute atomic E-state index is 12.6. The molecule has 0 aromatic carbocycles. The smallest absolute Gasteiger partial charge is 0.318 e. The Balaban J connectivity index is 1.85. The Morgan fingerprint density at radius 3 is 2.84 bits per heavy atom. The van der Waals surface area contributed by atoms with Gasteiger partial charge in [-0.25, -0.2) is 4.79 Å². The number of carbonyl (C=O) groups is 2. The van der Waals surface area contributed by atoms with Crippen molar-refractivity contribution in [3.05, 3.63) is 12.3 Å². The van der Waals surface area contributed by atoms with E-state index < -0.39 is 0 Å². The summed E-state index contributed by atoms with van der Waals surface area (Å²) < 4.78 is 10.0. The minimum atomic E-state index is -0.302. The fourth-order valence-electron chi connectivity index (χ4n) is 2.90. The fraction of sp³-hybridized carbons (Fsp3) is 0.706. The number of nitrogens with one attached hydrogen (secondary N) is 2. The van der Waals surface area contributed by atoms with Gasteiger partial charge >= 0.3 is 6.03 Å². The second-order valence-corrected chi connectivity index (χ2v) is 6.19. The van der Waals surface area contributed by atoms with E-state index in [2.05, 4.69) is 20.3 Å². The van der Waals surface area contributed by atoms with Gasteiger partial charge in [0, 0.05) is 31.9 Å². The third-order valence-corrected chi connectivity index (χ3v) is 4.18. The van der Waals surface area contributed by atoms with Crippen LogP contribution in [0.1, 0.15) is 45.4 Å². The van der Waals surface area contributed by atoms with E-state index in [1.807, 2.05) is 6.92 Å². The average molecular weight is 352 g/mol. The molecule has 1 aliphatic rings. The molecule has 2 N–H and O–H groups in total. The highest BCUT2D eigenvalue weighted by atomic mass is 16.5. The molecule has 0 radical (unpaired) electrons. The number of urea groups is 1. The van der Waals surface area contributed by atoms with Gasteiger partial charge in [0.2, 0.25) is 5.91 Å². The van der Waals surface area contributed by atoms with Gasteiger partial charge in [0.05, 0.1) is 0 Å². The number of amides is 3. The molecule has 1 aromatic rings. The van der Waals surface area contributed by atoms with Crippen molar-refractivity contribution in [2.24, 2.45) is 0 Å². The normalized spacial score (nSPS) is 14.9. The lowest BCUT2D eigenvalue weighted by Gasteiger charge is -2.28. The van der Waals surface area contributed by atoms with E-state index in [0.29, 0.717) is 32.0 Å². The Morgan fingerprint density at radius 2 is 2.16 bits per heavy atom. The number of ether oxygens (including phenoxy) is 1. The Kier molecular flexibility index (Phi) is 8.24. The van der Waals surface area contributed by atoms with Crippen LogP contribution < -0.4 is 10.6 Å². The molecular weight excluding hydrogens is 324 g/mol. The van der Waals surface area contributed by atoms with Crippen LogP contribution in [0.4, 0.5) is 10.6 Å². The zero-order valence-electron chi connectivity index (χ0n) is 14.8. The number of aromatic nitrogens is 1. The summed E-state index contributed by atoms with van der Waals surface area (Å²) in [6.07, 6.45) is 7.58. The van der Waals surface area contributed by atoms with Gasteiger partial charge in [-0.2, -0.15) is 0 Å². The van der Waals surface area contributed by atoms with Gasteiger partial charge in [0.25, 0.3) is 0 Å². The summed E-state index contributed by atoms with van der Waals surface area (Å²) >= 11 is 0. The highest BCUT2D eigenvalue weighted by Gasteiger charge is 2.21. The first kappa shape index (κ1) is 19.2. The lowest BCUT2D eigenvalue weighted by molar-refractivity contribution is -0.116. The van der Waals surface area contributed by atoms with Gasteiger partial charge < -0.3 is 24.8 Å². The minimum absolute atomic E-state index is 0.0302. The number of anilines is 1. The quantitative estimate of drug-likeness (QED) is 0.665. The lowest BCUT2D eigenvalue weighted by atomic mass is 9.96. The molecule has 1 heterocycles. The van der Waals surface area contributed by atoms with E-state index in [0.717, 1.165) is 25.7 Å². The molecule has 1 aliphatic carbocycles. The van der Waals surface area contributed by atoms with Gasteiger partial charge in [0.1, 0.15) is 12.8 Å². The summed E-state index contributed by atoms with van der Waals surface area (Å²) in [6, 6.07) is 1.56. The van der Waals surface area contributed by atoms with Crippen molar-refractivity contribution >= 4 is 17.8 Å². The molecule has 0 spiro atoms. The Bertz CT molecular complexity index is 515. The van der Waals surface area contributed by atoms with Crippen molar-refractivity contribution in [1.82, 2.24) is 15.4 Å². The van der Waals surface area contributed by atoms with Crippen LogP contribution in [0.15, 0.2) is 16.9 Å². The Morgan fingerprint density at radius 1 is 1.36 bits per heavy atom. The molecule has 2 rings (SSSR count). The Labute approximate surface area is 148 Å². The fourth-order valence-corrected chi connectivity index (χ4v) is 2.90. The third-order valence-electron chi connectivity index (χ3n) is 4.18. The lowest BCUT2D eigenvalue weighted by Crippen LogP contribution is -2.48. The molecule has 8 heteroatoms. The molecular formula is C17H28N4O4. The number of hydrogen-bond donors (Lipinski definition) is 2. The first-order valence-corrected chi connectivity index (χ1v) is 9.02. The molecule has 0 bridgehead atoms. The third kappa shape index (κ3) is 7.13. The van der Waals surface area contributed by atoms with Gasteiger partial charge in [-0.15, -0.1) is 0 Å². The number of hydrogen-bond acceptors (Lipinski definition) is 5. The second-order valence-electron chi connectivity index (χ2n) is 6.19. The molecule has 140 valence electrons. The van der Waals surface area contributed by atoms with Gasteiger partial charge in [-0.3, -0.25) is 4.79 Å². The van der Waals surface area contributed by atoms with Crippen LogP contribution >= 0.6 is 0 Å². The topological polar surface area (TPSA) is 96.7 Å². The van der Waals surface area contributed by atoms with Crippen LogP contribution in [0, 0.1) is 0 Å². The molecule has 0 atom stereocenters. The second kappa shape index (κ2) is 10.7. The zero-order chi connectivity index (χ0) is 17.9. The average Bonchev–Trinajstić information content (AvgIpc) is 3.11. The highest BCUT2D eigenvalue weighted by Crippen LogP contribution is 2.17. The van der Waals surface area contributed by atoms with Crippen LogP contribution in [-0.4, -0.2) is 54.3 Å². The van der Waals surface area contributed by atoms with Crippen molar-refractivity contribution in [3.8, 4) is 0 Å². The van der Waals surface area contributed by atoms with E-state index >= 15 is 0 Å². The van der Waals surface area contributed by atoms with Crippen molar-refractivity contribution in [3.63, 3.8) is 0 Å². The molecule has 0 aliphatic heterocycles. The maximum atomic E-state index is 12.6. The summed E-state index contributed by atoms with van der Waals surface area (Å²) in [5.41, 5.74) is 0. The van der Waals surface area contributed by atoms with Crippen molar-refractivity contribution in [2.75, 3.05) is 31.6 Å². The molecule has 8 nitrogen and oxygen atoms in total. The SMILES string of the molecule is CCOCCCN(CC(=O)Nc1ccon1)C(=O)NC1CCCCC1. The number of rotatable bonds is 9. The molecule has 3 amide bonds. The van der Waals surface area contributed by atoms with Crippen LogP contribution in [-0.2, 0) is 9.53 Å². The standard InChI is InChI=1S/C17H28N4O4/c1-2-24-11-6-10-21(13-16(22)19-15-9-12-25-20-15)17(23)18-14-7-4-3-5-8-14/h9,12,14H,2-8,10-11,13H2,1H3,(H,18,23)(H,19,20,22). The molecule has 0 saturated heterocycles. The summed E-state index contributed by atoms with van der Waals surface area (Å²) in [7, 11) is 0. The van der Waals surface area contributed by atoms with Crippen LogP contribution in [0.2, 0.25) is 0 Å². The predicted octanol–water partition coefficient (Wildman–Crippen LogP) is 2.38. The van der Waals surface area contributed by atoms with E-state index in [9.17, 15) is 9.59 Å². The molecule has 0 unspecified atom stereocenters. The van der Waals surface area contributed by atoms with E-state index in [1.165, 1.54) is 17.6 Å². The van der Waals surface area contributed by atoms with Crippen molar-refractivity contribution < 1.29 is 18.8 Å². The Hall–Kier alpha value is -2.09. The van der Waals surface area contributed by atoms with Gasteiger partial charge in [-0.1, -0.05) is 24.4 Å². The molecule has 1 saturated carbocycles. The summed E-state index contributed by atoms with van der Waals surface area (Å²) in [4.78, 5) is 26.3. The minimum Gasteiger partial charge on any atom is -0.382 e. The van der Waals surface area contributed by atoms with Crippen molar-refractivity contribution in [1.29, 1.82) is 0 Å². The zero-order valence-corrected chi connectivity index (χ0v) is 14.8. The monoisotopic (exact) mass is 352 g/mol. The summed E-state index contributed by atoms with van der Waals surface area (Å²) in [5, 5.41) is 9.31. The highest BCUT2D eigenvalue weighted by molar-refractivity contribution is 5.93. The van der Waals surface area contributed by atoms with Crippen LogP contribution in [0.5, 0.6) is 0 Å². The van der Waals surface area contributed by atoms with E-state index in [1.54, 1.807) is 6.07 Å². The maximum Gasteiger partial charge on any atom is 0.318 e. The van der Waals surface area contributed by atoms with E-state index in [4.69, 9.17) is 4.74 Å². The summed E-state index contributed by atoms with van der Waals surface area (Å²) in [5.74, 6) is 0.0380. The first-order valence-electron chi connectivity index (χ1n) is 9.02. The molecule has 1 aromatic heterocycles. The number of carbonyl (C=O) groups excluding carboxylic acids is 2. The molecule has 25 heavy (non-hydrogen) atoms. The van der Waals surface area contributed by atoms with Gasteiger partial charge in [-0.05, 0) is 26.2 Å². The van der Waals surface area contributed by atoms with E-state index in [-0.39, 0.29) is 24.5 Å². The largest absolute Gasteiger partial charge is 0.382 e. The van der Waals surface area contributed by atoms with Crippen LogP contribution in [0.3, 0.4) is 0 Å². The first-order chi connectivity index (χ1) is 12.2. The number of nitrogens with zero attached hydrogens (tertiary/aromatic N) is 2. The van der Waals surface area contributed by atoms with Crippen LogP contribution in [0.25, 0.3) is 0 Å². The molecule has 1 fully saturated rings. The van der Waals surface area contributed by atoms with Gasteiger partial charge in [0.15, 0.2) is 5.82 Å². The summed E-state index contributed by atoms with van der Waals surface area (Å²) in [6.45, 7) is 3.57. The van der Waals surface area contributed by atoms with Crippen molar-refractivity contribution in [2.45, 2.75) is 51.5 Å². The predicted molar refractivity (Wildman–Crippen MR) is 93.2 cm³/mol.